The third kappa shape index (κ3) is 1.65. The van der Waals surface area contributed by atoms with Gasteiger partial charge in [0.2, 0.25) is 11.8 Å². The Labute approximate surface area is 105 Å². The van der Waals surface area contributed by atoms with Crippen molar-refractivity contribution in [2.24, 2.45) is 17.3 Å². The predicted molar refractivity (Wildman–Crippen MR) is 63.5 cm³/mol. The zero-order valence-corrected chi connectivity index (χ0v) is 10.8. The van der Waals surface area contributed by atoms with E-state index in [9.17, 15) is 14.4 Å². The highest BCUT2D eigenvalue weighted by molar-refractivity contribution is 6.10. The lowest BCUT2D eigenvalue weighted by Gasteiger charge is -2.19. The third-order valence-electron chi connectivity index (χ3n) is 4.07. The molecular weight excluding hydrogens is 234 g/mol. The van der Waals surface area contributed by atoms with E-state index >= 15 is 0 Å². The summed E-state index contributed by atoms with van der Waals surface area (Å²) in [6, 6.07) is 0. The number of piperidine rings is 1. The summed E-state index contributed by atoms with van der Waals surface area (Å²) in [5, 5.41) is 8.87. The van der Waals surface area contributed by atoms with Gasteiger partial charge in [0.25, 0.3) is 0 Å². The molecule has 5 nitrogen and oxygen atoms in total. The van der Waals surface area contributed by atoms with Gasteiger partial charge in [0.15, 0.2) is 0 Å². The third-order valence-corrected chi connectivity index (χ3v) is 4.07. The molecule has 2 aliphatic rings. The van der Waals surface area contributed by atoms with Gasteiger partial charge >= 0.3 is 5.97 Å². The van der Waals surface area contributed by atoms with Gasteiger partial charge in [-0.2, -0.15) is 0 Å². The Morgan fingerprint density at radius 1 is 1.33 bits per heavy atom. The molecule has 18 heavy (non-hydrogen) atoms. The number of carbonyl (C=O) groups excluding carboxylic acids is 2. The standard InChI is InChI=1S/C13H17NO4/c1-4-7(12(17)18)5-6-14-10(15)8-9(11(14)16)13(8,2)3/h5,8-9H,4,6H2,1-3H3,(H,17,18). The molecule has 1 heterocycles. The van der Waals surface area contributed by atoms with Gasteiger partial charge in [0, 0.05) is 12.1 Å². The molecule has 98 valence electrons. The van der Waals surface area contributed by atoms with E-state index in [0.717, 1.165) is 0 Å². The molecular formula is C13H17NO4. The molecule has 1 aliphatic carbocycles. The van der Waals surface area contributed by atoms with Crippen LogP contribution in [0.25, 0.3) is 0 Å². The van der Waals surface area contributed by atoms with Crippen molar-refractivity contribution in [3.8, 4) is 0 Å². The molecule has 1 saturated carbocycles. The predicted octanol–water partition coefficient (Wildman–Crippen LogP) is 1.05. The zero-order chi connectivity index (χ0) is 13.7. The Hall–Kier alpha value is -1.65. The van der Waals surface area contributed by atoms with Crippen molar-refractivity contribution in [2.45, 2.75) is 27.2 Å². The van der Waals surface area contributed by atoms with Crippen LogP contribution in [-0.2, 0) is 14.4 Å². The van der Waals surface area contributed by atoms with Crippen LogP contribution in [0.3, 0.4) is 0 Å². The van der Waals surface area contributed by atoms with Gasteiger partial charge in [0.1, 0.15) is 0 Å². The Bertz CT molecular complexity index is 440. The Kier molecular flexibility index (Phi) is 2.80. The highest BCUT2D eigenvalue weighted by Crippen LogP contribution is 2.63. The van der Waals surface area contributed by atoms with Crippen LogP contribution in [0, 0.1) is 17.3 Å². The number of carboxylic acids is 1. The van der Waals surface area contributed by atoms with Crippen LogP contribution < -0.4 is 0 Å². The van der Waals surface area contributed by atoms with Crippen LogP contribution in [-0.4, -0.2) is 34.3 Å². The van der Waals surface area contributed by atoms with E-state index in [-0.39, 0.29) is 41.2 Å². The van der Waals surface area contributed by atoms with Crippen molar-refractivity contribution in [2.75, 3.05) is 6.54 Å². The summed E-state index contributed by atoms with van der Waals surface area (Å²) in [6.07, 6.45) is 1.83. The highest BCUT2D eigenvalue weighted by atomic mass is 16.4. The average Bonchev–Trinajstić information content (AvgIpc) is 2.74. The number of fused-ring (bicyclic) bond motifs is 1. The molecule has 1 saturated heterocycles. The maximum absolute atomic E-state index is 12.0. The van der Waals surface area contributed by atoms with Crippen LogP contribution in [0.4, 0.5) is 0 Å². The zero-order valence-electron chi connectivity index (χ0n) is 10.8. The van der Waals surface area contributed by atoms with Gasteiger partial charge in [0.05, 0.1) is 11.8 Å². The molecule has 0 radical (unpaired) electrons. The number of amides is 2. The Balaban J connectivity index is 2.08. The topological polar surface area (TPSA) is 74.7 Å². The first-order chi connectivity index (χ1) is 8.32. The summed E-state index contributed by atoms with van der Waals surface area (Å²) in [4.78, 5) is 35.9. The fourth-order valence-electron chi connectivity index (χ4n) is 2.77. The number of carboxylic acid groups (broad SMARTS) is 1. The second-order valence-electron chi connectivity index (χ2n) is 5.45. The van der Waals surface area contributed by atoms with E-state index in [1.54, 1.807) is 6.92 Å². The molecule has 1 aliphatic heterocycles. The molecule has 2 unspecified atom stereocenters. The summed E-state index contributed by atoms with van der Waals surface area (Å²) in [6.45, 7) is 5.64. The Morgan fingerprint density at radius 3 is 2.22 bits per heavy atom. The maximum atomic E-state index is 12.0. The smallest absolute Gasteiger partial charge is 0.331 e. The number of hydrogen-bond acceptors (Lipinski definition) is 3. The van der Waals surface area contributed by atoms with Crippen LogP contribution in [0.5, 0.6) is 0 Å². The summed E-state index contributed by atoms with van der Waals surface area (Å²) in [7, 11) is 0. The molecule has 2 amide bonds. The summed E-state index contributed by atoms with van der Waals surface area (Å²) < 4.78 is 0. The number of likely N-dealkylation sites (tertiary alicyclic amines) is 1. The number of rotatable bonds is 4. The first-order valence-electron chi connectivity index (χ1n) is 6.10. The highest BCUT2D eigenvalue weighted by Gasteiger charge is 2.72. The van der Waals surface area contributed by atoms with E-state index < -0.39 is 5.97 Å². The molecule has 2 atom stereocenters. The fourth-order valence-corrected chi connectivity index (χ4v) is 2.77. The van der Waals surface area contributed by atoms with Gasteiger partial charge in [-0.05, 0) is 11.8 Å². The first-order valence-corrected chi connectivity index (χ1v) is 6.10. The maximum Gasteiger partial charge on any atom is 0.331 e. The second-order valence-corrected chi connectivity index (χ2v) is 5.45. The number of nitrogens with zero attached hydrogens (tertiary/aromatic N) is 1. The number of aliphatic carboxylic acids is 1. The fraction of sp³-hybridized carbons (Fsp3) is 0.615. The van der Waals surface area contributed by atoms with Crippen molar-refractivity contribution < 1.29 is 19.5 Å². The molecule has 1 N–H and O–H groups in total. The minimum Gasteiger partial charge on any atom is -0.478 e. The van der Waals surface area contributed by atoms with Crippen molar-refractivity contribution in [3.05, 3.63) is 11.6 Å². The molecule has 0 spiro atoms. The van der Waals surface area contributed by atoms with E-state index in [1.165, 1.54) is 11.0 Å². The SMILES string of the molecule is CCC(=CCN1C(=O)C2C(C1=O)C2(C)C)C(=O)O. The minimum atomic E-state index is -0.998. The van der Waals surface area contributed by atoms with Gasteiger partial charge in [-0.3, -0.25) is 14.5 Å². The van der Waals surface area contributed by atoms with E-state index in [4.69, 9.17) is 5.11 Å². The lowest BCUT2D eigenvalue weighted by molar-refractivity contribution is -0.142. The molecule has 0 aromatic carbocycles. The van der Waals surface area contributed by atoms with Gasteiger partial charge in [-0.1, -0.05) is 26.8 Å². The second kappa shape index (κ2) is 3.93. The first kappa shape index (κ1) is 12.8. The molecule has 2 rings (SSSR count). The van der Waals surface area contributed by atoms with Crippen LogP contribution in [0.1, 0.15) is 27.2 Å². The normalized spacial score (nSPS) is 29.5. The Morgan fingerprint density at radius 2 is 1.83 bits per heavy atom. The van der Waals surface area contributed by atoms with Gasteiger partial charge in [-0.15, -0.1) is 0 Å². The summed E-state index contributed by atoms with van der Waals surface area (Å²) in [5.41, 5.74) is 0.0184. The molecule has 2 fully saturated rings. The van der Waals surface area contributed by atoms with Gasteiger partial charge < -0.3 is 5.11 Å². The summed E-state index contributed by atoms with van der Waals surface area (Å²) in [5.74, 6) is -1.72. The lowest BCUT2D eigenvalue weighted by atomic mass is 10.1. The van der Waals surface area contributed by atoms with Crippen LogP contribution >= 0.6 is 0 Å². The molecule has 0 aromatic rings. The van der Waals surface area contributed by atoms with Crippen molar-refractivity contribution >= 4 is 17.8 Å². The monoisotopic (exact) mass is 251 g/mol. The van der Waals surface area contributed by atoms with Crippen LogP contribution in [0.2, 0.25) is 0 Å². The van der Waals surface area contributed by atoms with Crippen molar-refractivity contribution in [1.29, 1.82) is 0 Å². The average molecular weight is 251 g/mol. The molecule has 5 heteroatoms. The quantitative estimate of drug-likeness (QED) is 0.598. The van der Waals surface area contributed by atoms with Crippen molar-refractivity contribution in [1.82, 2.24) is 4.90 Å². The number of carbonyl (C=O) groups is 3. The van der Waals surface area contributed by atoms with Crippen molar-refractivity contribution in [3.63, 3.8) is 0 Å². The van der Waals surface area contributed by atoms with E-state index in [1.807, 2.05) is 13.8 Å². The molecule has 0 aromatic heterocycles. The van der Waals surface area contributed by atoms with E-state index in [2.05, 4.69) is 0 Å². The number of imide groups is 1. The minimum absolute atomic E-state index is 0.0796. The lowest BCUT2D eigenvalue weighted by Crippen LogP contribution is -2.36. The summed E-state index contributed by atoms with van der Waals surface area (Å²) >= 11 is 0. The van der Waals surface area contributed by atoms with Gasteiger partial charge in [-0.25, -0.2) is 4.79 Å². The van der Waals surface area contributed by atoms with E-state index in [0.29, 0.717) is 6.42 Å². The largest absolute Gasteiger partial charge is 0.478 e. The molecule has 0 bridgehead atoms. The van der Waals surface area contributed by atoms with Crippen LogP contribution in [0.15, 0.2) is 11.6 Å². The number of hydrogen-bond donors (Lipinski definition) is 1.